The SMILES string of the molecule is CCOc1ccc(OCC(=O)N2CCC(Cn3cnc4ccccc43)CC2)cc1. The highest BCUT2D eigenvalue weighted by molar-refractivity contribution is 5.78. The van der Waals surface area contributed by atoms with Crippen LogP contribution in [-0.4, -0.2) is 46.7 Å². The van der Waals surface area contributed by atoms with Gasteiger partial charge in [-0.1, -0.05) is 12.1 Å². The largest absolute Gasteiger partial charge is 0.494 e. The molecule has 1 aliphatic rings. The number of benzene rings is 2. The molecule has 29 heavy (non-hydrogen) atoms. The van der Waals surface area contributed by atoms with E-state index in [9.17, 15) is 4.79 Å². The number of amides is 1. The van der Waals surface area contributed by atoms with Crippen LogP contribution in [0.2, 0.25) is 0 Å². The highest BCUT2D eigenvalue weighted by atomic mass is 16.5. The number of nitrogens with zero attached hydrogens (tertiary/aromatic N) is 3. The fourth-order valence-electron chi connectivity index (χ4n) is 3.83. The van der Waals surface area contributed by atoms with Gasteiger partial charge in [0.2, 0.25) is 0 Å². The summed E-state index contributed by atoms with van der Waals surface area (Å²) >= 11 is 0. The van der Waals surface area contributed by atoms with Crippen LogP contribution in [0.25, 0.3) is 11.0 Å². The monoisotopic (exact) mass is 393 g/mol. The fourth-order valence-corrected chi connectivity index (χ4v) is 3.83. The smallest absolute Gasteiger partial charge is 0.260 e. The first kappa shape index (κ1) is 19.3. The van der Waals surface area contributed by atoms with Crippen molar-refractivity contribution in [1.29, 1.82) is 0 Å². The summed E-state index contributed by atoms with van der Waals surface area (Å²) in [5.74, 6) is 2.09. The van der Waals surface area contributed by atoms with E-state index in [1.165, 1.54) is 5.52 Å². The molecule has 0 radical (unpaired) electrons. The van der Waals surface area contributed by atoms with Crippen LogP contribution in [0.4, 0.5) is 0 Å². The van der Waals surface area contributed by atoms with Gasteiger partial charge < -0.3 is 18.9 Å². The maximum Gasteiger partial charge on any atom is 0.260 e. The number of rotatable bonds is 7. The summed E-state index contributed by atoms with van der Waals surface area (Å²) in [5.41, 5.74) is 2.21. The van der Waals surface area contributed by atoms with E-state index in [4.69, 9.17) is 9.47 Å². The molecule has 1 saturated heterocycles. The number of hydrogen-bond acceptors (Lipinski definition) is 4. The minimum Gasteiger partial charge on any atom is -0.494 e. The molecule has 4 rings (SSSR count). The van der Waals surface area contributed by atoms with Gasteiger partial charge in [-0.3, -0.25) is 4.79 Å². The number of piperidine rings is 1. The highest BCUT2D eigenvalue weighted by Gasteiger charge is 2.23. The number of para-hydroxylation sites is 2. The number of fused-ring (bicyclic) bond motifs is 1. The van der Waals surface area contributed by atoms with Crippen molar-refractivity contribution in [3.8, 4) is 11.5 Å². The van der Waals surface area contributed by atoms with Crippen LogP contribution in [0.3, 0.4) is 0 Å². The predicted octanol–water partition coefficient (Wildman–Crippen LogP) is 3.75. The van der Waals surface area contributed by atoms with Crippen LogP contribution in [0.1, 0.15) is 19.8 Å². The Kier molecular flexibility index (Phi) is 5.98. The molecule has 152 valence electrons. The standard InChI is InChI=1S/C23H27N3O3/c1-2-28-19-7-9-20(10-8-19)29-16-23(27)25-13-11-18(12-14-25)15-26-17-24-21-5-3-4-6-22(21)26/h3-10,17-18H,2,11-16H2,1H3. The lowest BCUT2D eigenvalue weighted by Gasteiger charge is -2.32. The Hall–Kier alpha value is -3.02. The van der Waals surface area contributed by atoms with Crippen molar-refractivity contribution in [2.75, 3.05) is 26.3 Å². The molecule has 2 aromatic carbocycles. The summed E-state index contributed by atoms with van der Waals surface area (Å²) in [5, 5.41) is 0. The van der Waals surface area contributed by atoms with E-state index in [0.29, 0.717) is 18.3 Å². The maximum absolute atomic E-state index is 12.5. The lowest BCUT2D eigenvalue weighted by molar-refractivity contribution is -0.134. The lowest BCUT2D eigenvalue weighted by atomic mass is 9.96. The van der Waals surface area contributed by atoms with Gasteiger partial charge in [0.05, 0.1) is 24.0 Å². The first-order valence-electron chi connectivity index (χ1n) is 10.3. The number of carbonyl (C=O) groups is 1. The van der Waals surface area contributed by atoms with Gasteiger partial charge in [-0.05, 0) is 62.1 Å². The molecule has 0 atom stereocenters. The molecule has 0 unspecified atom stereocenters. The topological polar surface area (TPSA) is 56.6 Å². The van der Waals surface area contributed by atoms with E-state index in [1.807, 2.05) is 60.6 Å². The van der Waals surface area contributed by atoms with Gasteiger partial charge in [-0.2, -0.15) is 0 Å². The summed E-state index contributed by atoms with van der Waals surface area (Å²) in [4.78, 5) is 18.9. The fraction of sp³-hybridized carbons (Fsp3) is 0.391. The van der Waals surface area contributed by atoms with Gasteiger partial charge in [0.15, 0.2) is 6.61 Å². The Labute approximate surface area is 171 Å². The molecule has 3 aromatic rings. The minimum absolute atomic E-state index is 0.0467. The zero-order valence-corrected chi connectivity index (χ0v) is 16.8. The van der Waals surface area contributed by atoms with Gasteiger partial charge in [-0.15, -0.1) is 0 Å². The Bertz CT molecular complexity index is 943. The molecular formula is C23H27N3O3. The molecule has 2 heterocycles. The Morgan fingerprint density at radius 1 is 1.03 bits per heavy atom. The Balaban J connectivity index is 1.24. The maximum atomic E-state index is 12.5. The van der Waals surface area contributed by atoms with Crippen LogP contribution < -0.4 is 9.47 Å². The third-order valence-electron chi connectivity index (χ3n) is 5.45. The van der Waals surface area contributed by atoms with E-state index < -0.39 is 0 Å². The summed E-state index contributed by atoms with van der Waals surface area (Å²) in [6.45, 7) is 5.16. The number of ether oxygens (including phenoxy) is 2. The second-order valence-corrected chi connectivity index (χ2v) is 7.40. The van der Waals surface area contributed by atoms with Gasteiger partial charge in [0.1, 0.15) is 11.5 Å². The number of carbonyl (C=O) groups excluding carboxylic acids is 1. The number of aromatic nitrogens is 2. The molecule has 0 aliphatic carbocycles. The van der Waals surface area contributed by atoms with Crippen molar-refractivity contribution in [2.24, 2.45) is 5.92 Å². The van der Waals surface area contributed by atoms with Crippen molar-refractivity contribution in [3.63, 3.8) is 0 Å². The second-order valence-electron chi connectivity index (χ2n) is 7.40. The van der Waals surface area contributed by atoms with E-state index in [1.54, 1.807) is 0 Å². The Morgan fingerprint density at radius 3 is 2.45 bits per heavy atom. The molecule has 0 spiro atoms. The van der Waals surface area contributed by atoms with E-state index in [0.717, 1.165) is 43.7 Å². The van der Waals surface area contributed by atoms with Gasteiger partial charge in [0.25, 0.3) is 5.91 Å². The van der Waals surface area contributed by atoms with Crippen LogP contribution in [0.5, 0.6) is 11.5 Å². The molecule has 0 bridgehead atoms. The molecule has 0 N–H and O–H groups in total. The summed E-state index contributed by atoms with van der Waals surface area (Å²) in [6, 6.07) is 15.6. The normalized spacial score (nSPS) is 14.9. The lowest BCUT2D eigenvalue weighted by Crippen LogP contribution is -2.41. The number of imidazole rings is 1. The van der Waals surface area contributed by atoms with Crippen LogP contribution in [0, 0.1) is 5.92 Å². The van der Waals surface area contributed by atoms with Gasteiger partial charge in [-0.25, -0.2) is 4.98 Å². The Morgan fingerprint density at radius 2 is 1.72 bits per heavy atom. The average Bonchev–Trinajstić information content (AvgIpc) is 3.17. The van der Waals surface area contributed by atoms with Crippen molar-refractivity contribution < 1.29 is 14.3 Å². The molecule has 6 nitrogen and oxygen atoms in total. The zero-order chi connectivity index (χ0) is 20.1. The van der Waals surface area contributed by atoms with E-state index in [2.05, 4.69) is 15.6 Å². The minimum atomic E-state index is 0.0467. The molecule has 1 fully saturated rings. The van der Waals surface area contributed by atoms with Crippen LogP contribution >= 0.6 is 0 Å². The molecule has 0 saturated carbocycles. The first-order chi connectivity index (χ1) is 14.2. The highest BCUT2D eigenvalue weighted by Crippen LogP contribution is 2.22. The van der Waals surface area contributed by atoms with Crippen LogP contribution in [-0.2, 0) is 11.3 Å². The van der Waals surface area contributed by atoms with Crippen LogP contribution in [0.15, 0.2) is 54.9 Å². The number of hydrogen-bond donors (Lipinski definition) is 0. The third kappa shape index (κ3) is 4.70. The zero-order valence-electron chi connectivity index (χ0n) is 16.8. The summed E-state index contributed by atoms with van der Waals surface area (Å²) in [6.07, 6.45) is 3.93. The van der Waals surface area contributed by atoms with E-state index >= 15 is 0 Å². The van der Waals surface area contributed by atoms with E-state index in [-0.39, 0.29) is 12.5 Å². The third-order valence-corrected chi connectivity index (χ3v) is 5.45. The molecular weight excluding hydrogens is 366 g/mol. The summed E-state index contributed by atoms with van der Waals surface area (Å²) in [7, 11) is 0. The second kappa shape index (κ2) is 8.99. The molecule has 1 aromatic heterocycles. The predicted molar refractivity (Wildman–Crippen MR) is 112 cm³/mol. The van der Waals surface area contributed by atoms with Gasteiger partial charge >= 0.3 is 0 Å². The van der Waals surface area contributed by atoms with Crippen molar-refractivity contribution in [3.05, 3.63) is 54.9 Å². The average molecular weight is 393 g/mol. The molecule has 1 aliphatic heterocycles. The van der Waals surface area contributed by atoms with Crippen molar-refractivity contribution in [2.45, 2.75) is 26.3 Å². The quantitative estimate of drug-likeness (QED) is 0.613. The van der Waals surface area contributed by atoms with Crippen molar-refractivity contribution >= 4 is 16.9 Å². The first-order valence-corrected chi connectivity index (χ1v) is 10.3. The molecule has 6 heteroatoms. The summed E-state index contributed by atoms with van der Waals surface area (Å²) < 4.78 is 13.3. The number of likely N-dealkylation sites (tertiary alicyclic amines) is 1. The van der Waals surface area contributed by atoms with Crippen molar-refractivity contribution in [1.82, 2.24) is 14.5 Å². The molecule has 1 amide bonds. The van der Waals surface area contributed by atoms with Gasteiger partial charge in [0, 0.05) is 19.6 Å².